The van der Waals surface area contributed by atoms with Crippen molar-refractivity contribution < 1.29 is 4.79 Å². The van der Waals surface area contributed by atoms with Crippen LogP contribution in [0.5, 0.6) is 0 Å². The van der Waals surface area contributed by atoms with Gasteiger partial charge >= 0.3 is 0 Å². The van der Waals surface area contributed by atoms with Crippen LogP contribution >= 0.6 is 11.3 Å². The van der Waals surface area contributed by atoms with E-state index in [1.807, 2.05) is 19.2 Å². The van der Waals surface area contributed by atoms with Crippen LogP contribution < -0.4 is 5.32 Å². The molecule has 0 aromatic carbocycles. The van der Waals surface area contributed by atoms with E-state index in [1.54, 1.807) is 11.3 Å². The molecule has 140 valence electrons. The quantitative estimate of drug-likeness (QED) is 0.729. The Kier molecular flexibility index (Phi) is 4.55. The molecule has 3 heterocycles. The first-order chi connectivity index (χ1) is 12.9. The number of nitrogens with zero attached hydrogens (tertiary/aromatic N) is 4. The highest BCUT2D eigenvalue weighted by Crippen LogP contribution is 2.43. The van der Waals surface area contributed by atoms with Gasteiger partial charge in [-0.1, -0.05) is 11.3 Å². The van der Waals surface area contributed by atoms with Gasteiger partial charge in [-0.2, -0.15) is 5.10 Å². The molecule has 7 heteroatoms. The van der Waals surface area contributed by atoms with E-state index in [2.05, 4.69) is 39.9 Å². The molecule has 1 amide bonds. The number of aryl methyl sites for hydroxylation is 2. The van der Waals surface area contributed by atoms with Gasteiger partial charge in [-0.05, 0) is 52.2 Å². The number of hydrogen-bond donors (Lipinski definition) is 1. The first kappa shape index (κ1) is 17.9. The molecule has 0 atom stereocenters. The second-order valence-corrected chi connectivity index (χ2v) is 8.23. The van der Waals surface area contributed by atoms with Crippen molar-refractivity contribution in [2.24, 2.45) is 0 Å². The van der Waals surface area contributed by atoms with Gasteiger partial charge < -0.3 is 5.32 Å². The number of thiazole rings is 1. The normalized spacial score (nSPS) is 13.2. The molecule has 0 unspecified atom stereocenters. The van der Waals surface area contributed by atoms with Crippen molar-refractivity contribution in [2.45, 2.75) is 53.0 Å². The van der Waals surface area contributed by atoms with Gasteiger partial charge in [0.05, 0.1) is 22.0 Å². The van der Waals surface area contributed by atoms with Crippen LogP contribution in [0.1, 0.15) is 50.2 Å². The third-order valence-electron chi connectivity index (χ3n) is 4.72. The van der Waals surface area contributed by atoms with Crippen molar-refractivity contribution in [3.63, 3.8) is 0 Å². The Morgan fingerprint density at radius 3 is 2.78 bits per heavy atom. The number of rotatable bonds is 3. The third-order valence-corrected chi connectivity index (χ3v) is 5.74. The van der Waals surface area contributed by atoms with Crippen LogP contribution in [0.4, 0.5) is 5.13 Å². The van der Waals surface area contributed by atoms with E-state index in [0.717, 1.165) is 52.5 Å². The lowest BCUT2D eigenvalue weighted by Crippen LogP contribution is -2.05. The topological polar surface area (TPSA) is 72.7 Å². The molecule has 0 saturated heterocycles. The van der Waals surface area contributed by atoms with Gasteiger partial charge in [0.1, 0.15) is 0 Å². The Bertz CT molecular complexity index is 1000. The Morgan fingerprint density at radius 2 is 2.11 bits per heavy atom. The molecular formula is C20H23N5OS. The Labute approximate surface area is 162 Å². The molecule has 0 bridgehead atoms. The summed E-state index contributed by atoms with van der Waals surface area (Å²) >= 11 is 1.54. The number of amides is 1. The zero-order valence-electron chi connectivity index (χ0n) is 16.0. The summed E-state index contributed by atoms with van der Waals surface area (Å²) in [6.07, 6.45) is 4.79. The maximum atomic E-state index is 11.5. The molecule has 0 saturated carbocycles. The molecule has 3 aromatic heterocycles. The fourth-order valence-electron chi connectivity index (χ4n) is 3.50. The first-order valence-corrected chi connectivity index (χ1v) is 10.1. The molecule has 0 fully saturated rings. The molecule has 3 aromatic rings. The first-order valence-electron chi connectivity index (χ1n) is 9.26. The van der Waals surface area contributed by atoms with Crippen LogP contribution in [-0.4, -0.2) is 25.7 Å². The summed E-state index contributed by atoms with van der Waals surface area (Å²) < 4.78 is 2.10. The summed E-state index contributed by atoms with van der Waals surface area (Å²) in [7, 11) is 0. The van der Waals surface area contributed by atoms with E-state index >= 15 is 0 Å². The maximum absolute atomic E-state index is 11.5. The maximum Gasteiger partial charge on any atom is 0.223 e. The van der Waals surface area contributed by atoms with E-state index in [1.165, 1.54) is 12.5 Å². The smallest absolute Gasteiger partial charge is 0.223 e. The predicted octanol–water partition coefficient (Wildman–Crippen LogP) is 4.41. The Balaban J connectivity index is 1.91. The van der Waals surface area contributed by atoms with E-state index in [0.29, 0.717) is 5.13 Å². The number of nitrogens with one attached hydrogen (secondary N) is 1. The van der Waals surface area contributed by atoms with Crippen LogP contribution in [0.15, 0.2) is 18.3 Å². The van der Waals surface area contributed by atoms with Crippen LogP contribution in [0.3, 0.4) is 0 Å². The van der Waals surface area contributed by atoms with Gasteiger partial charge in [0.15, 0.2) is 5.13 Å². The zero-order valence-corrected chi connectivity index (χ0v) is 16.9. The molecular weight excluding hydrogens is 358 g/mol. The highest BCUT2D eigenvalue weighted by molar-refractivity contribution is 7.19. The number of fused-ring (bicyclic) bond motifs is 3. The van der Waals surface area contributed by atoms with Gasteiger partial charge in [-0.3, -0.25) is 14.5 Å². The van der Waals surface area contributed by atoms with Crippen molar-refractivity contribution >= 4 is 22.4 Å². The minimum atomic E-state index is -0.0945. The number of anilines is 1. The number of hydrogen-bond acceptors (Lipinski definition) is 5. The molecule has 1 aliphatic rings. The van der Waals surface area contributed by atoms with Gasteiger partial charge in [0.25, 0.3) is 0 Å². The van der Waals surface area contributed by atoms with Crippen LogP contribution in [-0.2, 0) is 17.6 Å². The Hall–Kier alpha value is -2.54. The van der Waals surface area contributed by atoms with E-state index in [-0.39, 0.29) is 11.9 Å². The lowest BCUT2D eigenvalue weighted by molar-refractivity contribution is -0.114. The monoisotopic (exact) mass is 381 g/mol. The number of carbonyl (C=O) groups excluding carboxylic acids is 1. The SMILES string of the molecule is CC(=O)Nc1nc2c(s1)-c1c(c(-c3ccc(C)nc3)nn1C(C)C)CCC2. The molecule has 6 nitrogen and oxygen atoms in total. The minimum absolute atomic E-state index is 0.0945. The summed E-state index contributed by atoms with van der Waals surface area (Å²) in [5.41, 5.74) is 6.50. The van der Waals surface area contributed by atoms with E-state index in [9.17, 15) is 4.79 Å². The van der Waals surface area contributed by atoms with Gasteiger partial charge in [-0.25, -0.2) is 4.98 Å². The average Bonchev–Trinajstić information content (AvgIpc) is 3.12. The summed E-state index contributed by atoms with van der Waals surface area (Å²) in [6, 6.07) is 4.35. The third kappa shape index (κ3) is 3.27. The molecule has 1 N–H and O–H groups in total. The van der Waals surface area contributed by atoms with Gasteiger partial charge in [-0.15, -0.1) is 0 Å². The summed E-state index contributed by atoms with van der Waals surface area (Å²) in [5, 5.41) is 8.47. The summed E-state index contributed by atoms with van der Waals surface area (Å²) in [5.74, 6) is -0.0945. The standard InChI is InChI=1S/C20H23N5OS/c1-11(2)25-18-15(17(24-25)14-9-8-12(3)21-10-14)6-5-7-16-19(18)27-20(23-16)22-13(4)26/h8-11H,5-7H2,1-4H3,(H,22,23,26). The van der Waals surface area contributed by atoms with E-state index < -0.39 is 0 Å². The van der Waals surface area contributed by atoms with Crippen LogP contribution in [0.2, 0.25) is 0 Å². The lowest BCUT2D eigenvalue weighted by Gasteiger charge is -2.10. The number of carbonyl (C=O) groups is 1. The van der Waals surface area contributed by atoms with Crippen molar-refractivity contribution in [3.8, 4) is 21.8 Å². The van der Waals surface area contributed by atoms with Gasteiger partial charge in [0, 0.05) is 36.0 Å². The van der Waals surface area contributed by atoms with Crippen LogP contribution in [0, 0.1) is 6.92 Å². The average molecular weight is 382 g/mol. The Morgan fingerprint density at radius 1 is 1.30 bits per heavy atom. The highest BCUT2D eigenvalue weighted by atomic mass is 32.1. The van der Waals surface area contributed by atoms with Gasteiger partial charge in [0.2, 0.25) is 5.91 Å². The zero-order chi connectivity index (χ0) is 19.1. The summed E-state index contributed by atoms with van der Waals surface area (Å²) in [6.45, 7) is 7.79. The largest absolute Gasteiger partial charge is 0.302 e. The van der Waals surface area contributed by atoms with Crippen molar-refractivity contribution in [1.82, 2.24) is 19.7 Å². The number of pyridine rings is 1. The van der Waals surface area contributed by atoms with Crippen molar-refractivity contribution in [3.05, 3.63) is 35.3 Å². The van der Waals surface area contributed by atoms with Crippen molar-refractivity contribution in [1.29, 1.82) is 0 Å². The highest BCUT2D eigenvalue weighted by Gasteiger charge is 2.28. The second kappa shape index (κ2) is 6.88. The molecule has 0 spiro atoms. The fourth-order valence-corrected chi connectivity index (χ4v) is 4.63. The van der Waals surface area contributed by atoms with E-state index in [4.69, 9.17) is 5.10 Å². The molecule has 4 rings (SSSR count). The molecule has 1 aliphatic carbocycles. The number of aromatic nitrogens is 4. The fraction of sp³-hybridized carbons (Fsp3) is 0.400. The van der Waals surface area contributed by atoms with Crippen molar-refractivity contribution in [2.75, 3.05) is 5.32 Å². The minimum Gasteiger partial charge on any atom is -0.302 e. The molecule has 27 heavy (non-hydrogen) atoms. The van der Waals surface area contributed by atoms with Crippen LogP contribution in [0.25, 0.3) is 21.8 Å². The molecule has 0 radical (unpaired) electrons. The second-order valence-electron chi connectivity index (χ2n) is 7.23. The summed E-state index contributed by atoms with van der Waals surface area (Å²) in [4.78, 5) is 21.7. The molecule has 0 aliphatic heterocycles. The predicted molar refractivity (Wildman–Crippen MR) is 108 cm³/mol. The lowest BCUT2D eigenvalue weighted by atomic mass is 10.0.